The molecule has 0 radical (unpaired) electrons. The number of nitrogens with one attached hydrogen (secondary N) is 1. The first kappa shape index (κ1) is 19.2. The lowest BCUT2D eigenvalue weighted by Gasteiger charge is -2.13. The molecule has 0 fully saturated rings. The molecule has 0 aliphatic heterocycles. The number of carbonyl (C=O) groups is 2. The average molecular weight is 389 g/mol. The Labute approximate surface area is 162 Å². The molecule has 1 heterocycles. The molecule has 0 bridgehead atoms. The van der Waals surface area contributed by atoms with E-state index in [0.717, 1.165) is 36.1 Å². The Morgan fingerprint density at radius 3 is 2.63 bits per heavy atom. The summed E-state index contributed by atoms with van der Waals surface area (Å²) in [4.78, 5) is 26.6. The van der Waals surface area contributed by atoms with Crippen molar-refractivity contribution >= 4 is 28.2 Å². The molecule has 1 aromatic heterocycles. The zero-order chi connectivity index (χ0) is 19.4. The quantitative estimate of drug-likeness (QED) is 0.754. The van der Waals surface area contributed by atoms with Gasteiger partial charge in [-0.25, -0.2) is 4.79 Å². The van der Waals surface area contributed by atoms with Gasteiger partial charge in [-0.05, 0) is 50.3 Å². The van der Waals surface area contributed by atoms with Crippen molar-refractivity contribution in [2.75, 3.05) is 26.1 Å². The van der Waals surface area contributed by atoms with Gasteiger partial charge < -0.3 is 19.5 Å². The first-order valence-electron chi connectivity index (χ1n) is 8.94. The fourth-order valence-electron chi connectivity index (χ4n) is 3.31. The van der Waals surface area contributed by atoms with Gasteiger partial charge in [-0.1, -0.05) is 6.07 Å². The highest BCUT2D eigenvalue weighted by atomic mass is 32.1. The predicted molar refractivity (Wildman–Crippen MR) is 104 cm³/mol. The molecule has 27 heavy (non-hydrogen) atoms. The van der Waals surface area contributed by atoms with Gasteiger partial charge in [0, 0.05) is 4.88 Å². The predicted octanol–water partition coefficient (Wildman–Crippen LogP) is 4.07. The first-order chi connectivity index (χ1) is 13.1. The highest BCUT2D eigenvalue weighted by Gasteiger charge is 2.28. The second-order valence-corrected chi connectivity index (χ2v) is 7.24. The minimum absolute atomic E-state index is 0.292. The van der Waals surface area contributed by atoms with E-state index in [1.54, 1.807) is 25.1 Å². The molecule has 0 spiro atoms. The summed E-state index contributed by atoms with van der Waals surface area (Å²) in [5.74, 6) is 0.0949. The van der Waals surface area contributed by atoms with Crippen molar-refractivity contribution in [3.63, 3.8) is 0 Å². The van der Waals surface area contributed by atoms with E-state index < -0.39 is 0 Å². The van der Waals surface area contributed by atoms with E-state index in [2.05, 4.69) is 5.32 Å². The van der Waals surface area contributed by atoms with Gasteiger partial charge in [0.1, 0.15) is 5.00 Å². The van der Waals surface area contributed by atoms with E-state index in [4.69, 9.17) is 14.2 Å². The number of hydrogen-bond acceptors (Lipinski definition) is 6. The molecular weight excluding hydrogens is 366 g/mol. The van der Waals surface area contributed by atoms with Crippen LogP contribution in [0.1, 0.15) is 50.9 Å². The van der Waals surface area contributed by atoms with Gasteiger partial charge in [0.2, 0.25) is 0 Å². The Morgan fingerprint density at radius 1 is 1.15 bits per heavy atom. The van der Waals surface area contributed by atoms with Crippen molar-refractivity contribution in [2.24, 2.45) is 0 Å². The van der Waals surface area contributed by atoms with Crippen molar-refractivity contribution < 1.29 is 23.8 Å². The molecule has 7 heteroatoms. The smallest absolute Gasteiger partial charge is 0.341 e. The highest BCUT2D eigenvalue weighted by Crippen LogP contribution is 2.39. The highest BCUT2D eigenvalue weighted by molar-refractivity contribution is 7.17. The Morgan fingerprint density at radius 2 is 1.93 bits per heavy atom. The van der Waals surface area contributed by atoms with Crippen LogP contribution in [-0.4, -0.2) is 32.7 Å². The standard InChI is InChI=1S/C20H23NO5S/c1-4-26-20(23)16-12-8-5-6-11-15(12)27-19(16)21-18(22)13-9-7-10-14(24-2)17(13)25-3/h7,9-10H,4-6,8,11H2,1-3H3,(H,21,22). The third-order valence-electron chi connectivity index (χ3n) is 4.53. The summed E-state index contributed by atoms with van der Waals surface area (Å²) in [5.41, 5.74) is 1.85. The van der Waals surface area contributed by atoms with Crippen LogP contribution < -0.4 is 14.8 Å². The zero-order valence-corrected chi connectivity index (χ0v) is 16.5. The number of rotatable bonds is 6. The number of hydrogen-bond donors (Lipinski definition) is 1. The SMILES string of the molecule is CCOC(=O)c1c(NC(=O)c2cccc(OC)c2OC)sc2c1CCCC2. The van der Waals surface area contributed by atoms with Gasteiger partial charge in [-0.3, -0.25) is 4.79 Å². The topological polar surface area (TPSA) is 73.9 Å². The van der Waals surface area contributed by atoms with Crippen LogP contribution in [0, 0.1) is 0 Å². The fourth-order valence-corrected chi connectivity index (χ4v) is 4.58. The molecule has 3 rings (SSSR count). The van der Waals surface area contributed by atoms with Crippen LogP contribution in [0.15, 0.2) is 18.2 Å². The summed E-state index contributed by atoms with van der Waals surface area (Å²) in [6.45, 7) is 2.07. The van der Waals surface area contributed by atoms with Gasteiger partial charge in [-0.2, -0.15) is 0 Å². The second kappa shape index (κ2) is 8.43. The van der Waals surface area contributed by atoms with Crippen molar-refractivity contribution in [2.45, 2.75) is 32.6 Å². The average Bonchev–Trinajstić information content (AvgIpc) is 3.05. The third kappa shape index (κ3) is 3.78. The van der Waals surface area contributed by atoms with E-state index in [9.17, 15) is 9.59 Å². The molecule has 6 nitrogen and oxygen atoms in total. The van der Waals surface area contributed by atoms with Gasteiger partial charge in [-0.15, -0.1) is 11.3 Å². The Kier molecular flexibility index (Phi) is 6.01. The largest absolute Gasteiger partial charge is 0.493 e. The van der Waals surface area contributed by atoms with Gasteiger partial charge >= 0.3 is 5.97 Å². The number of methoxy groups -OCH3 is 2. The van der Waals surface area contributed by atoms with Crippen LogP contribution in [0.2, 0.25) is 0 Å². The fraction of sp³-hybridized carbons (Fsp3) is 0.400. The molecule has 0 saturated carbocycles. The van der Waals surface area contributed by atoms with Crippen molar-refractivity contribution in [3.8, 4) is 11.5 Å². The number of ether oxygens (including phenoxy) is 3. The first-order valence-corrected chi connectivity index (χ1v) is 9.76. The van der Waals surface area contributed by atoms with E-state index in [0.29, 0.717) is 34.2 Å². The minimum atomic E-state index is -0.384. The Balaban J connectivity index is 1.97. The molecule has 144 valence electrons. The number of para-hydroxylation sites is 1. The van der Waals surface area contributed by atoms with Crippen molar-refractivity contribution in [3.05, 3.63) is 39.8 Å². The van der Waals surface area contributed by atoms with Crippen LogP contribution in [0.3, 0.4) is 0 Å². The summed E-state index contributed by atoms with van der Waals surface area (Å²) >= 11 is 1.46. The molecule has 0 atom stereocenters. The van der Waals surface area contributed by atoms with E-state index >= 15 is 0 Å². The summed E-state index contributed by atoms with van der Waals surface area (Å²) in [6, 6.07) is 5.11. The van der Waals surface area contributed by atoms with Crippen LogP contribution in [-0.2, 0) is 17.6 Å². The van der Waals surface area contributed by atoms with E-state index in [1.807, 2.05) is 0 Å². The molecule has 1 amide bonds. The van der Waals surface area contributed by atoms with Crippen LogP contribution in [0.5, 0.6) is 11.5 Å². The van der Waals surface area contributed by atoms with Crippen molar-refractivity contribution in [1.29, 1.82) is 0 Å². The van der Waals surface area contributed by atoms with E-state index in [-0.39, 0.29) is 11.9 Å². The second-order valence-electron chi connectivity index (χ2n) is 6.13. The summed E-state index contributed by atoms with van der Waals surface area (Å²) in [6.07, 6.45) is 3.88. The zero-order valence-electron chi connectivity index (χ0n) is 15.7. The molecule has 1 N–H and O–H groups in total. The van der Waals surface area contributed by atoms with Gasteiger partial charge in [0.25, 0.3) is 5.91 Å². The maximum atomic E-state index is 12.9. The maximum absolute atomic E-state index is 12.9. The van der Waals surface area contributed by atoms with Gasteiger partial charge in [0.05, 0.1) is 32.0 Å². The third-order valence-corrected chi connectivity index (χ3v) is 5.73. The molecule has 1 aromatic carbocycles. The lowest BCUT2D eigenvalue weighted by atomic mass is 9.95. The van der Waals surface area contributed by atoms with Crippen LogP contribution in [0.4, 0.5) is 5.00 Å². The summed E-state index contributed by atoms with van der Waals surface area (Å²) in [5, 5.41) is 3.43. The number of anilines is 1. The van der Waals surface area contributed by atoms with Crippen LogP contribution in [0.25, 0.3) is 0 Å². The molecule has 1 aliphatic rings. The monoisotopic (exact) mass is 389 g/mol. The Hall–Kier alpha value is -2.54. The van der Waals surface area contributed by atoms with Crippen molar-refractivity contribution in [1.82, 2.24) is 0 Å². The molecule has 1 aliphatic carbocycles. The van der Waals surface area contributed by atoms with Crippen LogP contribution >= 0.6 is 11.3 Å². The molecular formula is C20H23NO5S. The van der Waals surface area contributed by atoms with E-state index in [1.165, 1.54) is 25.6 Å². The molecule has 0 unspecified atom stereocenters. The van der Waals surface area contributed by atoms with Gasteiger partial charge in [0.15, 0.2) is 11.5 Å². The minimum Gasteiger partial charge on any atom is -0.493 e. The number of amides is 1. The Bertz CT molecular complexity index is 858. The number of thiophene rings is 1. The maximum Gasteiger partial charge on any atom is 0.341 e. The number of benzene rings is 1. The lowest BCUT2D eigenvalue weighted by molar-refractivity contribution is 0.0526. The normalized spacial score (nSPS) is 12.9. The number of carbonyl (C=O) groups excluding carboxylic acids is 2. The summed E-state index contributed by atoms with van der Waals surface area (Å²) < 4.78 is 15.8. The lowest BCUT2D eigenvalue weighted by Crippen LogP contribution is -2.16. The number of aryl methyl sites for hydroxylation is 1. The summed E-state index contributed by atoms with van der Waals surface area (Å²) in [7, 11) is 3.01. The molecule has 2 aromatic rings. The number of esters is 1. The number of fused-ring (bicyclic) bond motifs is 1. The molecule has 0 saturated heterocycles.